The maximum absolute atomic E-state index is 11.0. The van der Waals surface area contributed by atoms with Crippen LogP contribution >= 0.6 is 11.3 Å². The minimum atomic E-state index is -1.24. The number of hydrogen-bond donors (Lipinski definition) is 1. The fourth-order valence-electron chi connectivity index (χ4n) is 0.891. The normalized spacial score (nSPS) is 9.43. The van der Waals surface area contributed by atoms with Crippen molar-refractivity contribution in [3.05, 3.63) is 15.6 Å². The number of rotatable bonds is 3. The molecule has 1 aromatic rings. The van der Waals surface area contributed by atoms with Gasteiger partial charge in [0.25, 0.3) is 0 Å². The molecule has 6 heteroatoms. The molecular formula is C8H6N2O3S. The summed E-state index contributed by atoms with van der Waals surface area (Å²) in [5, 5.41) is 17.4. The van der Waals surface area contributed by atoms with Gasteiger partial charge in [-0.25, -0.2) is 9.78 Å². The fraction of sp³-hybridized carbons (Fsp3) is 0.250. The molecule has 14 heavy (non-hydrogen) atoms. The Morgan fingerprint density at radius 1 is 1.64 bits per heavy atom. The third-order valence-corrected chi connectivity index (χ3v) is 2.58. The van der Waals surface area contributed by atoms with Crippen molar-refractivity contribution >= 4 is 23.1 Å². The standard InChI is InChI=1S/C8H6N2O3S/c1-4(11)7-6(8(12)13)10-5(14-7)2-3-9/h2H2,1H3,(H,12,13). The largest absolute Gasteiger partial charge is 0.476 e. The second-order valence-corrected chi connectivity index (χ2v) is 3.57. The molecule has 5 nitrogen and oxygen atoms in total. The third kappa shape index (κ3) is 1.95. The van der Waals surface area contributed by atoms with Gasteiger partial charge < -0.3 is 5.11 Å². The van der Waals surface area contributed by atoms with Gasteiger partial charge in [0, 0.05) is 6.92 Å². The summed E-state index contributed by atoms with van der Waals surface area (Å²) in [6, 6.07) is 1.85. The molecule has 0 aliphatic carbocycles. The number of carboxylic acid groups (broad SMARTS) is 1. The van der Waals surface area contributed by atoms with Gasteiger partial charge in [0.1, 0.15) is 9.88 Å². The fourth-order valence-corrected chi connectivity index (χ4v) is 1.77. The summed E-state index contributed by atoms with van der Waals surface area (Å²) >= 11 is 0.957. The van der Waals surface area contributed by atoms with E-state index < -0.39 is 5.97 Å². The molecular weight excluding hydrogens is 204 g/mol. The molecule has 1 aromatic heterocycles. The zero-order chi connectivity index (χ0) is 10.7. The van der Waals surface area contributed by atoms with Crippen LogP contribution in [0.5, 0.6) is 0 Å². The predicted octanol–water partition coefficient (Wildman–Crippen LogP) is 1.11. The molecule has 1 rings (SSSR count). The van der Waals surface area contributed by atoms with Gasteiger partial charge in [-0.3, -0.25) is 4.79 Å². The molecule has 72 valence electrons. The number of Topliss-reactive ketones (excluding diaryl/α,β-unsaturated/α-hetero) is 1. The van der Waals surface area contributed by atoms with Crippen LogP contribution in [0.25, 0.3) is 0 Å². The monoisotopic (exact) mass is 210 g/mol. The van der Waals surface area contributed by atoms with E-state index in [9.17, 15) is 9.59 Å². The Kier molecular flexibility index (Phi) is 2.94. The van der Waals surface area contributed by atoms with Crippen LogP contribution in [0.15, 0.2) is 0 Å². The Bertz CT molecular complexity index is 399. The van der Waals surface area contributed by atoms with Crippen molar-refractivity contribution < 1.29 is 14.7 Å². The van der Waals surface area contributed by atoms with E-state index in [1.807, 2.05) is 6.07 Å². The van der Waals surface area contributed by atoms with Crippen molar-refractivity contribution in [2.24, 2.45) is 0 Å². The summed E-state index contributed by atoms with van der Waals surface area (Å²) in [5.74, 6) is -1.58. The maximum Gasteiger partial charge on any atom is 0.356 e. The van der Waals surface area contributed by atoms with Gasteiger partial charge in [-0.1, -0.05) is 0 Å². The lowest BCUT2D eigenvalue weighted by Crippen LogP contribution is -2.03. The molecule has 0 saturated carbocycles. The quantitative estimate of drug-likeness (QED) is 0.754. The lowest BCUT2D eigenvalue weighted by Gasteiger charge is -1.89. The Hall–Kier alpha value is -1.74. The van der Waals surface area contributed by atoms with Crippen LogP contribution in [0.3, 0.4) is 0 Å². The number of hydrogen-bond acceptors (Lipinski definition) is 5. The average molecular weight is 210 g/mol. The molecule has 1 N–H and O–H groups in total. The van der Waals surface area contributed by atoms with Gasteiger partial charge in [0.05, 0.1) is 12.5 Å². The molecule has 0 fully saturated rings. The summed E-state index contributed by atoms with van der Waals surface area (Å²) in [7, 11) is 0. The number of carboxylic acids is 1. The van der Waals surface area contributed by atoms with Gasteiger partial charge >= 0.3 is 5.97 Å². The Morgan fingerprint density at radius 3 is 2.64 bits per heavy atom. The van der Waals surface area contributed by atoms with E-state index in [4.69, 9.17) is 10.4 Å². The first-order valence-corrected chi connectivity index (χ1v) is 4.48. The topological polar surface area (TPSA) is 91.0 Å². The van der Waals surface area contributed by atoms with E-state index in [0.29, 0.717) is 5.01 Å². The number of ketones is 1. The van der Waals surface area contributed by atoms with E-state index >= 15 is 0 Å². The highest BCUT2D eigenvalue weighted by Gasteiger charge is 2.19. The molecule has 0 unspecified atom stereocenters. The Balaban J connectivity index is 3.20. The zero-order valence-corrected chi connectivity index (χ0v) is 8.09. The molecule has 0 aliphatic heterocycles. The third-order valence-electron chi connectivity index (χ3n) is 1.42. The van der Waals surface area contributed by atoms with Crippen molar-refractivity contribution in [3.63, 3.8) is 0 Å². The number of nitrogens with zero attached hydrogens (tertiary/aromatic N) is 2. The summed E-state index contributed by atoms with van der Waals surface area (Å²) < 4.78 is 0. The van der Waals surface area contributed by atoms with Crippen LogP contribution in [0.2, 0.25) is 0 Å². The van der Waals surface area contributed by atoms with Gasteiger partial charge in [-0.2, -0.15) is 5.26 Å². The molecule has 0 radical (unpaired) electrons. The first-order chi connectivity index (χ1) is 6.56. The highest BCUT2D eigenvalue weighted by molar-refractivity contribution is 7.14. The van der Waals surface area contributed by atoms with Gasteiger partial charge in [-0.05, 0) is 0 Å². The van der Waals surface area contributed by atoms with Gasteiger partial charge in [0.2, 0.25) is 0 Å². The summed E-state index contributed by atoms with van der Waals surface area (Å²) in [6.45, 7) is 1.27. The second-order valence-electron chi connectivity index (χ2n) is 2.48. The summed E-state index contributed by atoms with van der Waals surface area (Å²) in [4.78, 5) is 25.5. The summed E-state index contributed by atoms with van der Waals surface area (Å²) in [6.07, 6.45) is 0.0260. The number of aromatic carboxylic acids is 1. The molecule has 0 atom stereocenters. The van der Waals surface area contributed by atoms with Gasteiger partial charge in [0.15, 0.2) is 11.5 Å². The van der Waals surface area contributed by atoms with Crippen molar-refractivity contribution in [2.75, 3.05) is 0 Å². The van der Waals surface area contributed by atoms with E-state index in [-0.39, 0.29) is 22.8 Å². The lowest BCUT2D eigenvalue weighted by molar-refractivity contribution is 0.0687. The Labute approximate surface area is 83.6 Å². The first kappa shape index (κ1) is 10.3. The molecule has 0 aromatic carbocycles. The van der Waals surface area contributed by atoms with E-state index in [1.165, 1.54) is 6.92 Å². The maximum atomic E-state index is 11.0. The smallest absolute Gasteiger partial charge is 0.356 e. The average Bonchev–Trinajstić information content (AvgIpc) is 2.49. The second kappa shape index (κ2) is 3.98. The van der Waals surface area contributed by atoms with Crippen molar-refractivity contribution in [1.82, 2.24) is 4.98 Å². The van der Waals surface area contributed by atoms with E-state index in [2.05, 4.69) is 4.98 Å². The number of aromatic nitrogens is 1. The number of nitriles is 1. The number of carbonyl (C=O) groups is 2. The van der Waals surface area contributed by atoms with E-state index in [1.54, 1.807) is 0 Å². The number of thiazole rings is 1. The van der Waals surface area contributed by atoms with Crippen LogP contribution in [0.1, 0.15) is 32.1 Å². The summed E-state index contributed by atoms with van der Waals surface area (Å²) in [5.41, 5.74) is -0.257. The molecule has 0 aliphatic rings. The molecule has 0 saturated heterocycles. The Morgan fingerprint density at radius 2 is 2.29 bits per heavy atom. The van der Waals surface area contributed by atoms with Gasteiger partial charge in [-0.15, -0.1) is 11.3 Å². The molecule has 0 bridgehead atoms. The van der Waals surface area contributed by atoms with Crippen molar-refractivity contribution in [2.45, 2.75) is 13.3 Å². The highest BCUT2D eigenvalue weighted by atomic mass is 32.1. The molecule has 0 amide bonds. The van der Waals surface area contributed by atoms with Crippen LogP contribution in [0, 0.1) is 11.3 Å². The van der Waals surface area contributed by atoms with Crippen LogP contribution in [0.4, 0.5) is 0 Å². The highest BCUT2D eigenvalue weighted by Crippen LogP contribution is 2.19. The SMILES string of the molecule is CC(=O)c1sc(CC#N)nc1C(=O)O. The zero-order valence-electron chi connectivity index (χ0n) is 7.27. The lowest BCUT2D eigenvalue weighted by atomic mass is 10.3. The number of carbonyl (C=O) groups excluding carboxylic acids is 1. The van der Waals surface area contributed by atoms with Crippen molar-refractivity contribution in [3.8, 4) is 6.07 Å². The minimum absolute atomic E-state index is 0.0260. The van der Waals surface area contributed by atoms with Crippen LogP contribution in [-0.4, -0.2) is 21.8 Å². The van der Waals surface area contributed by atoms with E-state index in [0.717, 1.165) is 11.3 Å². The van der Waals surface area contributed by atoms with Crippen LogP contribution in [-0.2, 0) is 6.42 Å². The molecule has 0 spiro atoms. The minimum Gasteiger partial charge on any atom is -0.476 e. The molecule has 1 heterocycles. The van der Waals surface area contributed by atoms with Crippen LogP contribution < -0.4 is 0 Å². The first-order valence-electron chi connectivity index (χ1n) is 3.67. The van der Waals surface area contributed by atoms with Crippen molar-refractivity contribution in [1.29, 1.82) is 5.26 Å². The predicted molar refractivity (Wildman–Crippen MR) is 48.4 cm³/mol.